The summed E-state index contributed by atoms with van der Waals surface area (Å²) in [4.78, 5) is 0. The second-order valence-electron chi connectivity index (χ2n) is 4.15. The minimum absolute atomic E-state index is 0.381. The fourth-order valence-corrected chi connectivity index (χ4v) is 3.67. The highest BCUT2D eigenvalue weighted by Gasteiger charge is 2.18. The Hall–Kier alpha value is -0.260. The fraction of sp³-hybridized carbons (Fsp3) is 0.143. The Morgan fingerprint density at radius 3 is 2.35 bits per heavy atom. The van der Waals surface area contributed by atoms with Crippen LogP contribution in [0.5, 0.6) is 5.75 Å². The average molecular weight is 440 g/mol. The molecule has 1 atom stereocenters. The van der Waals surface area contributed by atoms with Gasteiger partial charge < -0.3 is 10.5 Å². The molecule has 6 heteroatoms. The number of benzene rings is 2. The summed E-state index contributed by atoms with van der Waals surface area (Å²) in [7, 11) is 1.54. The number of ether oxygens (including phenoxy) is 1. The topological polar surface area (TPSA) is 35.2 Å². The Morgan fingerprint density at radius 1 is 1.05 bits per heavy atom. The van der Waals surface area contributed by atoms with Crippen LogP contribution >= 0.6 is 55.1 Å². The van der Waals surface area contributed by atoms with Crippen molar-refractivity contribution in [3.05, 3.63) is 60.4 Å². The van der Waals surface area contributed by atoms with E-state index in [1.807, 2.05) is 18.2 Å². The lowest BCUT2D eigenvalue weighted by atomic mass is 9.99. The van der Waals surface area contributed by atoms with E-state index in [2.05, 4.69) is 31.9 Å². The summed E-state index contributed by atoms with van der Waals surface area (Å²) in [5.41, 5.74) is 7.98. The van der Waals surface area contributed by atoms with Gasteiger partial charge in [0, 0.05) is 20.0 Å². The van der Waals surface area contributed by atoms with Gasteiger partial charge in [0.25, 0.3) is 0 Å². The maximum absolute atomic E-state index is 6.30. The molecule has 0 fully saturated rings. The second kappa shape index (κ2) is 6.67. The highest BCUT2D eigenvalue weighted by molar-refractivity contribution is 9.11. The van der Waals surface area contributed by atoms with Gasteiger partial charge in [0.2, 0.25) is 0 Å². The molecule has 0 radical (unpaired) electrons. The van der Waals surface area contributed by atoms with E-state index in [4.69, 9.17) is 33.7 Å². The molecular weight excluding hydrogens is 429 g/mol. The van der Waals surface area contributed by atoms with Crippen LogP contribution in [-0.2, 0) is 0 Å². The Morgan fingerprint density at radius 2 is 1.75 bits per heavy atom. The summed E-state index contributed by atoms with van der Waals surface area (Å²) >= 11 is 19.3. The number of methoxy groups -OCH3 is 1. The predicted octanol–water partition coefficient (Wildman–Crippen LogP) is 5.58. The van der Waals surface area contributed by atoms with Gasteiger partial charge in [0.1, 0.15) is 5.75 Å². The predicted molar refractivity (Wildman–Crippen MR) is 90.9 cm³/mol. The zero-order valence-electron chi connectivity index (χ0n) is 10.5. The van der Waals surface area contributed by atoms with Gasteiger partial charge in [-0.25, -0.2) is 0 Å². The molecule has 1 unspecified atom stereocenters. The van der Waals surface area contributed by atoms with Crippen LogP contribution in [0.1, 0.15) is 17.2 Å². The molecule has 106 valence electrons. The lowest BCUT2D eigenvalue weighted by Crippen LogP contribution is -2.13. The molecule has 0 amide bonds. The number of hydrogen-bond donors (Lipinski definition) is 1. The monoisotopic (exact) mass is 437 g/mol. The first kappa shape index (κ1) is 16.1. The van der Waals surface area contributed by atoms with Crippen LogP contribution < -0.4 is 10.5 Å². The van der Waals surface area contributed by atoms with Crippen LogP contribution in [-0.4, -0.2) is 7.11 Å². The smallest absolute Gasteiger partial charge is 0.138 e. The molecular formula is C14H11Br2Cl2NO. The summed E-state index contributed by atoms with van der Waals surface area (Å²) in [6.45, 7) is 0. The van der Waals surface area contributed by atoms with Crippen molar-refractivity contribution >= 4 is 55.1 Å². The van der Waals surface area contributed by atoms with Crippen molar-refractivity contribution in [2.24, 2.45) is 5.73 Å². The van der Waals surface area contributed by atoms with E-state index in [-0.39, 0.29) is 6.04 Å². The summed E-state index contributed by atoms with van der Waals surface area (Å²) in [5, 5.41) is 1.00. The fourth-order valence-electron chi connectivity index (χ4n) is 1.86. The van der Waals surface area contributed by atoms with Crippen LogP contribution in [0.25, 0.3) is 0 Å². The normalized spacial score (nSPS) is 12.3. The molecule has 2 rings (SSSR count). The van der Waals surface area contributed by atoms with Gasteiger partial charge >= 0.3 is 0 Å². The molecule has 2 N–H and O–H groups in total. The quantitative estimate of drug-likeness (QED) is 0.678. The summed E-state index contributed by atoms with van der Waals surface area (Å²) in [6, 6.07) is 8.84. The van der Waals surface area contributed by atoms with Gasteiger partial charge in [-0.05, 0) is 29.3 Å². The molecule has 20 heavy (non-hydrogen) atoms. The Balaban J connectivity index is 2.48. The summed E-state index contributed by atoms with van der Waals surface area (Å²) in [5.74, 6) is 0.530. The molecule has 0 heterocycles. The van der Waals surface area contributed by atoms with E-state index in [0.29, 0.717) is 15.8 Å². The molecule has 2 aromatic carbocycles. The van der Waals surface area contributed by atoms with Crippen molar-refractivity contribution in [3.8, 4) is 5.75 Å². The Kier molecular flexibility index (Phi) is 5.37. The number of rotatable bonds is 3. The largest absolute Gasteiger partial charge is 0.495 e. The minimum Gasteiger partial charge on any atom is -0.495 e. The van der Waals surface area contributed by atoms with Gasteiger partial charge in [-0.3, -0.25) is 0 Å². The molecule has 0 saturated carbocycles. The molecule has 0 aliphatic heterocycles. The van der Waals surface area contributed by atoms with Crippen LogP contribution in [0, 0.1) is 0 Å². The Labute approximate surface area is 144 Å². The van der Waals surface area contributed by atoms with Gasteiger partial charge in [-0.1, -0.05) is 61.1 Å². The van der Waals surface area contributed by atoms with Gasteiger partial charge in [-0.15, -0.1) is 0 Å². The van der Waals surface area contributed by atoms with Crippen LogP contribution in [0.4, 0.5) is 0 Å². The van der Waals surface area contributed by atoms with Crippen molar-refractivity contribution < 1.29 is 4.74 Å². The Bertz CT molecular complexity index is 649. The first-order valence-electron chi connectivity index (χ1n) is 5.67. The first-order chi connectivity index (χ1) is 9.43. The third-order valence-electron chi connectivity index (χ3n) is 2.90. The lowest BCUT2D eigenvalue weighted by molar-refractivity contribution is 0.415. The zero-order chi connectivity index (χ0) is 14.9. The van der Waals surface area contributed by atoms with E-state index in [9.17, 15) is 0 Å². The van der Waals surface area contributed by atoms with E-state index in [1.165, 1.54) is 0 Å². The SMILES string of the molecule is COc1cc(Cl)c(C(N)c2ccc(Br)cc2Br)cc1Cl. The van der Waals surface area contributed by atoms with E-state index < -0.39 is 0 Å². The van der Waals surface area contributed by atoms with Crippen molar-refractivity contribution in [2.75, 3.05) is 7.11 Å². The van der Waals surface area contributed by atoms with Gasteiger partial charge in [-0.2, -0.15) is 0 Å². The number of halogens is 4. The van der Waals surface area contributed by atoms with Crippen molar-refractivity contribution in [1.29, 1.82) is 0 Å². The van der Waals surface area contributed by atoms with Crippen molar-refractivity contribution in [3.63, 3.8) is 0 Å². The molecule has 0 aromatic heterocycles. The molecule has 2 aromatic rings. The standard InChI is InChI=1S/C14H11Br2Cl2NO/c1-20-13-6-11(17)9(5-12(13)18)14(19)8-3-2-7(15)4-10(8)16/h2-6,14H,19H2,1H3. The minimum atomic E-state index is -0.381. The maximum atomic E-state index is 6.30. The third kappa shape index (κ3) is 3.31. The summed E-state index contributed by atoms with van der Waals surface area (Å²) in [6.07, 6.45) is 0. The van der Waals surface area contributed by atoms with E-state index in [0.717, 1.165) is 20.1 Å². The zero-order valence-corrected chi connectivity index (χ0v) is 15.1. The lowest BCUT2D eigenvalue weighted by Gasteiger charge is -2.17. The molecule has 2 nitrogen and oxygen atoms in total. The average Bonchev–Trinajstić information content (AvgIpc) is 2.40. The molecule has 0 aliphatic rings. The van der Waals surface area contributed by atoms with Crippen LogP contribution in [0.2, 0.25) is 10.0 Å². The molecule has 0 saturated heterocycles. The highest BCUT2D eigenvalue weighted by atomic mass is 79.9. The second-order valence-corrected chi connectivity index (χ2v) is 6.74. The summed E-state index contributed by atoms with van der Waals surface area (Å²) < 4.78 is 7.01. The van der Waals surface area contributed by atoms with Gasteiger partial charge in [0.15, 0.2) is 0 Å². The third-order valence-corrected chi connectivity index (χ3v) is 4.71. The van der Waals surface area contributed by atoms with E-state index >= 15 is 0 Å². The number of hydrogen-bond acceptors (Lipinski definition) is 2. The first-order valence-corrected chi connectivity index (χ1v) is 8.01. The molecule has 0 aliphatic carbocycles. The maximum Gasteiger partial charge on any atom is 0.138 e. The molecule has 0 spiro atoms. The van der Waals surface area contributed by atoms with Crippen LogP contribution in [0.3, 0.4) is 0 Å². The van der Waals surface area contributed by atoms with Crippen LogP contribution in [0.15, 0.2) is 39.3 Å². The van der Waals surface area contributed by atoms with E-state index in [1.54, 1.807) is 19.2 Å². The van der Waals surface area contributed by atoms with Crippen molar-refractivity contribution in [1.82, 2.24) is 0 Å². The highest BCUT2D eigenvalue weighted by Crippen LogP contribution is 2.37. The van der Waals surface area contributed by atoms with Gasteiger partial charge in [0.05, 0.1) is 18.2 Å². The van der Waals surface area contributed by atoms with Crippen molar-refractivity contribution in [2.45, 2.75) is 6.04 Å². The molecule has 0 bridgehead atoms. The number of nitrogens with two attached hydrogens (primary N) is 1.